The van der Waals surface area contributed by atoms with Crippen molar-refractivity contribution in [3.8, 4) is 5.75 Å². The van der Waals surface area contributed by atoms with Crippen LogP contribution in [0.3, 0.4) is 0 Å². The zero-order valence-electron chi connectivity index (χ0n) is 10.4. The van der Waals surface area contributed by atoms with E-state index < -0.39 is 5.97 Å². The number of rotatable bonds is 3. The molecule has 0 aliphatic heterocycles. The van der Waals surface area contributed by atoms with Crippen molar-refractivity contribution < 1.29 is 9.53 Å². The van der Waals surface area contributed by atoms with E-state index in [-0.39, 0.29) is 5.84 Å². The Morgan fingerprint density at radius 3 is 2.35 bits per heavy atom. The van der Waals surface area contributed by atoms with Crippen molar-refractivity contribution in [3.63, 3.8) is 0 Å². The number of benzene rings is 2. The van der Waals surface area contributed by atoms with Gasteiger partial charge in [0, 0.05) is 15.7 Å². The van der Waals surface area contributed by atoms with Crippen LogP contribution < -0.4 is 16.2 Å². The summed E-state index contributed by atoms with van der Waals surface area (Å²) in [5.41, 5.74) is 12.3. The van der Waals surface area contributed by atoms with Gasteiger partial charge < -0.3 is 16.2 Å². The van der Waals surface area contributed by atoms with Crippen LogP contribution in [-0.2, 0) is 0 Å². The number of hydrogen-bond donors (Lipinski definition) is 3. The third-order valence-corrected chi connectivity index (χ3v) is 3.10. The average Bonchev–Trinajstić information content (AvgIpc) is 2.39. The number of carbonyl (C=O) groups is 1. The number of nitrogens with one attached hydrogen (secondary N) is 1. The first-order chi connectivity index (χ1) is 9.47. The summed E-state index contributed by atoms with van der Waals surface area (Å²) in [7, 11) is 0. The molecule has 0 fully saturated rings. The summed E-state index contributed by atoms with van der Waals surface area (Å²) < 4.78 is 6.00. The second kappa shape index (κ2) is 5.75. The molecule has 0 heterocycles. The van der Waals surface area contributed by atoms with Crippen molar-refractivity contribution in [3.05, 3.63) is 58.1 Å². The van der Waals surface area contributed by atoms with Gasteiger partial charge in [-0.3, -0.25) is 5.41 Å². The Balaban J connectivity index is 2.17. The minimum atomic E-state index is -0.537. The predicted molar refractivity (Wildman–Crippen MR) is 81.0 cm³/mol. The van der Waals surface area contributed by atoms with Gasteiger partial charge in [-0.05, 0) is 42.5 Å². The first-order valence-corrected chi connectivity index (χ1v) is 6.48. The van der Waals surface area contributed by atoms with E-state index in [4.69, 9.17) is 21.6 Å². The molecule has 2 aromatic carbocycles. The fourth-order valence-corrected chi connectivity index (χ4v) is 1.96. The number of anilines is 1. The molecule has 102 valence electrons. The number of nitrogen functional groups attached to an aromatic ring is 2. The lowest BCUT2D eigenvalue weighted by atomic mass is 10.2. The Hall–Kier alpha value is -2.34. The van der Waals surface area contributed by atoms with Gasteiger partial charge in [0.15, 0.2) is 0 Å². The third kappa shape index (κ3) is 3.16. The quantitative estimate of drug-likeness (QED) is 0.264. The summed E-state index contributed by atoms with van der Waals surface area (Å²) in [6.07, 6.45) is 0. The summed E-state index contributed by atoms with van der Waals surface area (Å²) in [5, 5.41) is 7.28. The van der Waals surface area contributed by atoms with E-state index in [1.165, 1.54) is 0 Å². The van der Waals surface area contributed by atoms with Gasteiger partial charge in [-0.2, -0.15) is 0 Å². The van der Waals surface area contributed by atoms with Crippen molar-refractivity contribution in [2.75, 3.05) is 5.73 Å². The van der Waals surface area contributed by atoms with Crippen LogP contribution in [0, 0.1) is 5.41 Å². The van der Waals surface area contributed by atoms with Crippen molar-refractivity contribution >= 4 is 33.4 Å². The number of amidine groups is 1. The molecule has 2 rings (SSSR count). The second-order valence-corrected chi connectivity index (χ2v) is 4.97. The lowest BCUT2D eigenvalue weighted by Gasteiger charge is -2.07. The molecular formula is C14H12BrN3O2. The molecule has 5 N–H and O–H groups in total. The highest BCUT2D eigenvalue weighted by molar-refractivity contribution is 9.10. The van der Waals surface area contributed by atoms with Gasteiger partial charge in [-0.25, -0.2) is 4.79 Å². The summed E-state index contributed by atoms with van der Waals surface area (Å²) in [6, 6.07) is 11.3. The van der Waals surface area contributed by atoms with Gasteiger partial charge in [0.05, 0.1) is 5.56 Å². The summed E-state index contributed by atoms with van der Waals surface area (Å²) in [4.78, 5) is 12.0. The number of hydrogen-bond acceptors (Lipinski definition) is 4. The van der Waals surface area contributed by atoms with Crippen LogP contribution in [-0.4, -0.2) is 11.8 Å². The Morgan fingerprint density at radius 1 is 1.15 bits per heavy atom. The normalized spacial score (nSPS) is 10.1. The van der Waals surface area contributed by atoms with Crippen LogP contribution in [0.15, 0.2) is 46.9 Å². The molecule has 0 saturated carbocycles. The van der Waals surface area contributed by atoms with E-state index >= 15 is 0 Å². The molecule has 0 bridgehead atoms. The van der Waals surface area contributed by atoms with Crippen LogP contribution in [0.2, 0.25) is 0 Å². The van der Waals surface area contributed by atoms with Crippen LogP contribution in [0.4, 0.5) is 5.69 Å². The van der Waals surface area contributed by atoms with Crippen LogP contribution in [0.5, 0.6) is 5.75 Å². The molecule has 0 atom stereocenters. The van der Waals surface area contributed by atoms with Crippen LogP contribution in [0.25, 0.3) is 0 Å². The van der Waals surface area contributed by atoms with Crippen LogP contribution >= 0.6 is 15.9 Å². The van der Waals surface area contributed by atoms with Gasteiger partial charge in [0.25, 0.3) is 0 Å². The molecule has 0 spiro atoms. The largest absolute Gasteiger partial charge is 0.423 e. The predicted octanol–water partition coefficient (Wildman–Crippen LogP) is 2.53. The average molecular weight is 334 g/mol. The molecule has 20 heavy (non-hydrogen) atoms. The maximum atomic E-state index is 12.0. The Morgan fingerprint density at radius 2 is 1.80 bits per heavy atom. The maximum absolute atomic E-state index is 12.0. The molecule has 2 aromatic rings. The fraction of sp³-hybridized carbons (Fsp3) is 0. The van der Waals surface area contributed by atoms with E-state index in [0.717, 1.165) is 4.47 Å². The Kier molecular flexibility index (Phi) is 4.05. The van der Waals surface area contributed by atoms with E-state index in [0.29, 0.717) is 22.6 Å². The summed E-state index contributed by atoms with van der Waals surface area (Å²) >= 11 is 3.27. The standard InChI is InChI=1S/C14H12BrN3O2/c15-9-3-6-11(12(16)7-9)14(19)20-10-4-1-8(2-5-10)13(17)18/h1-7H,16H2,(H3,17,18). The number of halogens is 1. The minimum Gasteiger partial charge on any atom is -0.423 e. The van der Waals surface area contributed by atoms with E-state index in [1.54, 1.807) is 42.5 Å². The molecule has 5 nitrogen and oxygen atoms in total. The zero-order chi connectivity index (χ0) is 14.7. The van der Waals surface area contributed by atoms with Gasteiger partial charge in [0.1, 0.15) is 11.6 Å². The summed E-state index contributed by atoms with van der Waals surface area (Å²) in [6.45, 7) is 0. The molecule has 0 saturated heterocycles. The number of carbonyl (C=O) groups excluding carboxylic acids is 1. The molecule has 0 aliphatic rings. The lowest BCUT2D eigenvalue weighted by molar-refractivity contribution is 0.0736. The highest BCUT2D eigenvalue weighted by Gasteiger charge is 2.12. The lowest BCUT2D eigenvalue weighted by Crippen LogP contribution is -2.12. The van der Waals surface area contributed by atoms with Gasteiger partial charge in [-0.15, -0.1) is 0 Å². The molecule has 0 aliphatic carbocycles. The van der Waals surface area contributed by atoms with E-state index in [9.17, 15) is 4.79 Å². The molecule has 6 heteroatoms. The monoisotopic (exact) mass is 333 g/mol. The summed E-state index contributed by atoms with van der Waals surface area (Å²) in [5.74, 6) is -0.215. The number of esters is 1. The molecule has 0 amide bonds. The Bertz CT molecular complexity index is 669. The first kappa shape index (κ1) is 14.1. The highest BCUT2D eigenvalue weighted by atomic mass is 79.9. The third-order valence-electron chi connectivity index (χ3n) is 2.61. The van der Waals surface area contributed by atoms with Crippen molar-refractivity contribution in [1.82, 2.24) is 0 Å². The molecule has 0 unspecified atom stereocenters. The molecule has 0 radical (unpaired) electrons. The van der Waals surface area contributed by atoms with Crippen molar-refractivity contribution in [2.45, 2.75) is 0 Å². The van der Waals surface area contributed by atoms with Gasteiger partial charge >= 0.3 is 5.97 Å². The van der Waals surface area contributed by atoms with Gasteiger partial charge in [0.2, 0.25) is 0 Å². The zero-order valence-corrected chi connectivity index (χ0v) is 12.0. The topological polar surface area (TPSA) is 102 Å². The van der Waals surface area contributed by atoms with Gasteiger partial charge in [-0.1, -0.05) is 15.9 Å². The minimum absolute atomic E-state index is 0.0416. The molecular weight excluding hydrogens is 322 g/mol. The maximum Gasteiger partial charge on any atom is 0.345 e. The fourth-order valence-electron chi connectivity index (χ4n) is 1.58. The van der Waals surface area contributed by atoms with Crippen molar-refractivity contribution in [1.29, 1.82) is 5.41 Å². The van der Waals surface area contributed by atoms with Crippen LogP contribution in [0.1, 0.15) is 15.9 Å². The van der Waals surface area contributed by atoms with E-state index in [1.807, 2.05) is 0 Å². The Labute approximate surface area is 124 Å². The number of ether oxygens (including phenoxy) is 1. The van der Waals surface area contributed by atoms with E-state index in [2.05, 4.69) is 15.9 Å². The molecule has 0 aromatic heterocycles. The number of nitrogens with two attached hydrogens (primary N) is 2. The second-order valence-electron chi connectivity index (χ2n) is 4.06. The smallest absolute Gasteiger partial charge is 0.345 e. The van der Waals surface area contributed by atoms with Crippen molar-refractivity contribution in [2.24, 2.45) is 5.73 Å². The SMILES string of the molecule is N=C(N)c1ccc(OC(=O)c2ccc(Br)cc2N)cc1. The first-order valence-electron chi connectivity index (χ1n) is 5.69. The highest BCUT2D eigenvalue weighted by Crippen LogP contribution is 2.21.